The van der Waals surface area contributed by atoms with Crippen molar-refractivity contribution in [1.29, 1.82) is 0 Å². The van der Waals surface area contributed by atoms with E-state index in [1.807, 2.05) is 19.9 Å². The van der Waals surface area contributed by atoms with Gasteiger partial charge in [-0.05, 0) is 25.5 Å². The molecule has 0 unspecified atom stereocenters. The molecular weight excluding hydrogens is 166 g/mol. The lowest BCUT2D eigenvalue weighted by Gasteiger charge is -2.08. The highest BCUT2D eigenvalue weighted by Crippen LogP contribution is 2.24. The highest BCUT2D eigenvalue weighted by molar-refractivity contribution is 6.01. The molecule has 4 heteroatoms. The number of azo groups is 1. The maximum absolute atomic E-state index is 11.3. The topological polar surface area (TPSA) is 54.7 Å². The Labute approximate surface area is 75.7 Å². The Balaban J connectivity index is 2.67. The van der Waals surface area contributed by atoms with Crippen LogP contribution in [0.4, 0.5) is 5.69 Å². The smallest absolute Gasteiger partial charge is 0.206 e. The minimum atomic E-state index is -0.0481. The maximum atomic E-state index is 11.3. The van der Waals surface area contributed by atoms with Gasteiger partial charge >= 0.3 is 0 Å². The van der Waals surface area contributed by atoms with E-state index in [4.69, 9.17) is 0 Å². The second kappa shape index (κ2) is 2.73. The molecule has 1 aliphatic heterocycles. The number of Topliss-reactive ketones (excluding diaryl/α,β-unsaturated/α-hetero) is 1. The number of aromatic nitrogens is 1. The van der Waals surface area contributed by atoms with E-state index in [1.165, 1.54) is 0 Å². The fourth-order valence-corrected chi connectivity index (χ4v) is 1.22. The zero-order valence-corrected chi connectivity index (χ0v) is 7.53. The standard InChI is InChI=1S/C9H9N3O/c1-5-3-7-9(11-6(5)2)8(13)4-10-12-7/h3H,4H2,1-2H3. The van der Waals surface area contributed by atoms with Crippen molar-refractivity contribution < 1.29 is 4.79 Å². The van der Waals surface area contributed by atoms with Crippen LogP contribution in [0.15, 0.2) is 16.3 Å². The fourth-order valence-electron chi connectivity index (χ4n) is 1.22. The average molecular weight is 175 g/mol. The summed E-state index contributed by atoms with van der Waals surface area (Å²) in [6.45, 7) is 3.95. The number of nitrogens with zero attached hydrogens (tertiary/aromatic N) is 3. The van der Waals surface area contributed by atoms with Crippen molar-refractivity contribution in [3.8, 4) is 0 Å². The first-order chi connectivity index (χ1) is 6.18. The molecule has 0 fully saturated rings. The highest BCUT2D eigenvalue weighted by atomic mass is 16.1. The van der Waals surface area contributed by atoms with Crippen molar-refractivity contribution >= 4 is 11.5 Å². The molecule has 0 bridgehead atoms. The van der Waals surface area contributed by atoms with Crippen LogP contribution in [0.5, 0.6) is 0 Å². The molecule has 66 valence electrons. The van der Waals surface area contributed by atoms with Gasteiger partial charge in [0, 0.05) is 5.69 Å². The van der Waals surface area contributed by atoms with Crippen molar-refractivity contribution in [2.24, 2.45) is 10.2 Å². The third kappa shape index (κ3) is 1.24. The fraction of sp³-hybridized carbons (Fsp3) is 0.333. The first-order valence-corrected chi connectivity index (χ1v) is 4.07. The summed E-state index contributed by atoms with van der Waals surface area (Å²) < 4.78 is 0. The molecule has 1 aromatic rings. The average Bonchev–Trinajstić information content (AvgIpc) is 2.09. The van der Waals surface area contributed by atoms with E-state index in [0.717, 1.165) is 11.3 Å². The molecule has 2 heterocycles. The Bertz CT molecular complexity index is 410. The molecule has 0 amide bonds. The summed E-state index contributed by atoms with van der Waals surface area (Å²) in [4.78, 5) is 15.5. The summed E-state index contributed by atoms with van der Waals surface area (Å²) >= 11 is 0. The number of ketones is 1. The Hall–Kier alpha value is -1.58. The summed E-state index contributed by atoms with van der Waals surface area (Å²) in [7, 11) is 0. The molecule has 0 radical (unpaired) electrons. The van der Waals surface area contributed by atoms with Crippen LogP contribution in [0.25, 0.3) is 0 Å². The van der Waals surface area contributed by atoms with Gasteiger partial charge in [0.05, 0.1) is 0 Å². The van der Waals surface area contributed by atoms with Gasteiger partial charge in [-0.3, -0.25) is 4.79 Å². The van der Waals surface area contributed by atoms with E-state index < -0.39 is 0 Å². The SMILES string of the molecule is Cc1cc2c(nc1C)C(=O)CN=N2. The number of rotatable bonds is 0. The van der Waals surface area contributed by atoms with Crippen LogP contribution in [0.1, 0.15) is 21.7 Å². The van der Waals surface area contributed by atoms with Crippen molar-refractivity contribution in [2.45, 2.75) is 13.8 Å². The van der Waals surface area contributed by atoms with E-state index >= 15 is 0 Å². The Morgan fingerprint density at radius 2 is 2.15 bits per heavy atom. The molecule has 0 atom stereocenters. The van der Waals surface area contributed by atoms with Gasteiger partial charge in [-0.15, -0.1) is 0 Å². The maximum Gasteiger partial charge on any atom is 0.206 e. The highest BCUT2D eigenvalue weighted by Gasteiger charge is 2.17. The normalized spacial score (nSPS) is 14.5. The number of carbonyl (C=O) groups is 1. The number of aryl methyl sites for hydroxylation is 2. The van der Waals surface area contributed by atoms with Crippen LogP contribution >= 0.6 is 0 Å². The molecule has 0 spiro atoms. The Morgan fingerprint density at radius 1 is 1.38 bits per heavy atom. The molecule has 0 saturated carbocycles. The monoisotopic (exact) mass is 175 g/mol. The van der Waals surface area contributed by atoms with Gasteiger partial charge in [0.2, 0.25) is 5.78 Å². The second-order valence-electron chi connectivity index (χ2n) is 3.08. The summed E-state index contributed by atoms with van der Waals surface area (Å²) in [6.07, 6.45) is 0. The molecule has 2 rings (SSSR count). The first kappa shape index (κ1) is 8.04. The molecule has 1 aromatic heterocycles. The lowest BCUT2D eigenvalue weighted by atomic mass is 10.1. The number of pyridine rings is 1. The van der Waals surface area contributed by atoms with Crippen LogP contribution < -0.4 is 0 Å². The number of hydrogen-bond donors (Lipinski definition) is 0. The van der Waals surface area contributed by atoms with Crippen molar-refractivity contribution in [2.75, 3.05) is 6.54 Å². The molecular formula is C9H9N3O. The predicted molar refractivity (Wildman–Crippen MR) is 47.4 cm³/mol. The molecule has 13 heavy (non-hydrogen) atoms. The summed E-state index contributed by atoms with van der Waals surface area (Å²) in [5.74, 6) is -0.0481. The number of hydrogen-bond acceptors (Lipinski definition) is 4. The van der Waals surface area contributed by atoms with Crippen molar-refractivity contribution in [3.05, 3.63) is 23.0 Å². The number of fused-ring (bicyclic) bond motifs is 1. The Morgan fingerprint density at radius 3 is 2.92 bits per heavy atom. The predicted octanol–water partition coefficient (Wildman–Crippen LogP) is 1.98. The van der Waals surface area contributed by atoms with Gasteiger partial charge in [0.1, 0.15) is 17.9 Å². The summed E-state index contributed by atoms with van der Waals surface area (Å²) in [5, 5.41) is 7.59. The van der Waals surface area contributed by atoms with E-state index in [0.29, 0.717) is 11.4 Å². The first-order valence-electron chi connectivity index (χ1n) is 4.07. The third-order valence-electron chi connectivity index (χ3n) is 2.10. The van der Waals surface area contributed by atoms with Gasteiger partial charge in [0.15, 0.2) is 0 Å². The zero-order valence-electron chi connectivity index (χ0n) is 7.53. The van der Waals surface area contributed by atoms with Crippen molar-refractivity contribution in [1.82, 2.24) is 4.98 Å². The van der Waals surface area contributed by atoms with Gasteiger partial charge in [-0.1, -0.05) is 0 Å². The van der Waals surface area contributed by atoms with Crippen LogP contribution in [0.3, 0.4) is 0 Å². The quantitative estimate of drug-likeness (QED) is 0.605. The van der Waals surface area contributed by atoms with Crippen LogP contribution in [0, 0.1) is 13.8 Å². The van der Waals surface area contributed by atoms with Crippen LogP contribution in [-0.4, -0.2) is 17.3 Å². The van der Waals surface area contributed by atoms with E-state index in [9.17, 15) is 4.79 Å². The molecule has 4 nitrogen and oxygen atoms in total. The second-order valence-corrected chi connectivity index (χ2v) is 3.08. The van der Waals surface area contributed by atoms with Crippen LogP contribution in [-0.2, 0) is 0 Å². The molecule has 0 aliphatic carbocycles. The molecule has 0 saturated heterocycles. The largest absolute Gasteiger partial charge is 0.290 e. The zero-order chi connectivity index (χ0) is 9.42. The third-order valence-corrected chi connectivity index (χ3v) is 2.10. The lowest BCUT2D eigenvalue weighted by Crippen LogP contribution is -2.10. The number of carbonyl (C=O) groups excluding carboxylic acids is 1. The Kier molecular flexibility index (Phi) is 1.69. The van der Waals surface area contributed by atoms with Gasteiger partial charge in [-0.2, -0.15) is 10.2 Å². The van der Waals surface area contributed by atoms with Crippen LogP contribution in [0.2, 0.25) is 0 Å². The van der Waals surface area contributed by atoms with E-state index in [1.54, 1.807) is 0 Å². The minimum absolute atomic E-state index is 0.0481. The lowest BCUT2D eigenvalue weighted by molar-refractivity contribution is 0.0993. The summed E-state index contributed by atoms with van der Waals surface area (Å²) in [6, 6.07) is 1.85. The van der Waals surface area contributed by atoms with E-state index in [-0.39, 0.29) is 12.3 Å². The minimum Gasteiger partial charge on any atom is -0.290 e. The summed E-state index contributed by atoms with van der Waals surface area (Å²) in [5.41, 5.74) is 2.97. The van der Waals surface area contributed by atoms with Gasteiger partial charge in [-0.25, -0.2) is 4.98 Å². The molecule has 1 aliphatic rings. The van der Waals surface area contributed by atoms with Gasteiger partial charge < -0.3 is 0 Å². The van der Waals surface area contributed by atoms with Gasteiger partial charge in [0.25, 0.3) is 0 Å². The van der Waals surface area contributed by atoms with E-state index in [2.05, 4.69) is 15.2 Å². The molecule has 0 aromatic carbocycles. The van der Waals surface area contributed by atoms with Crippen molar-refractivity contribution in [3.63, 3.8) is 0 Å². The molecule has 0 N–H and O–H groups in total.